The molecule has 1 aliphatic carbocycles. The number of anilines is 1. The first-order valence-corrected chi connectivity index (χ1v) is 14.4. The lowest BCUT2D eigenvalue weighted by Gasteiger charge is -2.37. The summed E-state index contributed by atoms with van der Waals surface area (Å²) in [5.74, 6) is -1.26. The van der Waals surface area contributed by atoms with Crippen LogP contribution in [0.15, 0.2) is 91.0 Å². The van der Waals surface area contributed by atoms with Gasteiger partial charge in [-0.1, -0.05) is 89.4 Å². The van der Waals surface area contributed by atoms with Crippen molar-refractivity contribution in [3.05, 3.63) is 134 Å². The number of ether oxygens (including phenoxy) is 1. The third-order valence-electron chi connectivity index (χ3n) is 8.88. The van der Waals surface area contributed by atoms with E-state index in [-0.39, 0.29) is 17.3 Å². The van der Waals surface area contributed by atoms with Gasteiger partial charge in [-0.05, 0) is 54.4 Å². The topological polar surface area (TPSA) is 63.7 Å². The highest BCUT2D eigenvalue weighted by atomic mass is 35.5. The molecule has 5 nitrogen and oxygen atoms in total. The molecular weight excluding hydrogens is 569 g/mol. The summed E-state index contributed by atoms with van der Waals surface area (Å²) in [7, 11) is 1.54. The van der Waals surface area contributed by atoms with E-state index in [4.69, 9.17) is 27.9 Å². The van der Waals surface area contributed by atoms with Gasteiger partial charge in [0.1, 0.15) is 17.2 Å². The van der Waals surface area contributed by atoms with Gasteiger partial charge in [-0.2, -0.15) is 0 Å². The van der Waals surface area contributed by atoms with E-state index in [0.29, 0.717) is 38.0 Å². The largest absolute Gasteiger partial charge is 0.497 e. The van der Waals surface area contributed by atoms with Crippen molar-refractivity contribution in [2.24, 2.45) is 5.41 Å². The molecule has 4 aromatic rings. The summed E-state index contributed by atoms with van der Waals surface area (Å²) in [6.45, 7) is 2.00. The van der Waals surface area contributed by atoms with E-state index in [1.807, 2.05) is 42.2 Å². The average Bonchev–Trinajstić information content (AvgIpc) is 3.42. The Kier molecular flexibility index (Phi) is 6.16. The van der Waals surface area contributed by atoms with E-state index in [2.05, 4.69) is 0 Å². The van der Waals surface area contributed by atoms with Gasteiger partial charge < -0.3 is 9.64 Å². The Morgan fingerprint density at radius 1 is 0.881 bits per heavy atom. The predicted octanol–water partition coefficient (Wildman–Crippen LogP) is 7.63. The zero-order chi connectivity index (χ0) is 29.3. The number of aryl methyl sites for hydroxylation is 1. The van der Waals surface area contributed by atoms with Crippen molar-refractivity contribution in [3.8, 4) is 5.75 Å². The van der Waals surface area contributed by atoms with Crippen molar-refractivity contribution in [2.45, 2.75) is 24.9 Å². The van der Waals surface area contributed by atoms with Crippen molar-refractivity contribution in [3.63, 3.8) is 0 Å². The minimum Gasteiger partial charge on any atom is -0.497 e. The summed E-state index contributed by atoms with van der Waals surface area (Å²) < 4.78 is 5.44. The lowest BCUT2D eigenvalue weighted by molar-refractivity contribution is 0.0666. The molecule has 3 aliphatic rings. The van der Waals surface area contributed by atoms with Gasteiger partial charge in [0, 0.05) is 38.3 Å². The number of carbonyl (C=O) groups excluding carboxylic acids is 3. The van der Waals surface area contributed by atoms with Gasteiger partial charge in [-0.25, -0.2) is 0 Å². The molecule has 4 aromatic carbocycles. The molecule has 0 saturated carbocycles. The molecule has 7 rings (SSSR count). The Morgan fingerprint density at radius 2 is 1.62 bits per heavy atom. The standard InChI is InChI=1S/C35H25Cl2NO4/c1-19-10-14-28-20(16-19)11-15-29-35(33(40)24-8-3-4-9-25(24)34(35)41)30(26-13-12-22(36)18-27(26)37)31(38(28)29)32(39)21-6-5-7-23(17-21)42-2/h3-18,29-31H,1-2H3/t29?,30-,31+/m0/s1. The quantitative estimate of drug-likeness (QED) is 0.180. The highest BCUT2D eigenvalue weighted by molar-refractivity contribution is 6.36. The molecular formula is C35H25Cl2NO4. The van der Waals surface area contributed by atoms with Crippen LogP contribution in [0.5, 0.6) is 5.75 Å². The fraction of sp³-hybridized carbons (Fsp3) is 0.171. The minimum absolute atomic E-state index is 0.245. The van der Waals surface area contributed by atoms with Crippen LogP contribution >= 0.6 is 23.2 Å². The number of carbonyl (C=O) groups is 3. The number of rotatable bonds is 4. The van der Waals surface area contributed by atoms with Gasteiger partial charge >= 0.3 is 0 Å². The van der Waals surface area contributed by atoms with Crippen LogP contribution in [0.3, 0.4) is 0 Å². The fourth-order valence-corrected chi connectivity index (χ4v) is 7.67. The lowest BCUT2D eigenvalue weighted by atomic mass is 9.64. The zero-order valence-electron chi connectivity index (χ0n) is 22.8. The molecule has 42 heavy (non-hydrogen) atoms. The molecule has 1 fully saturated rings. The van der Waals surface area contributed by atoms with Crippen LogP contribution in [0, 0.1) is 12.3 Å². The van der Waals surface area contributed by atoms with Crippen LogP contribution in [0.25, 0.3) is 6.08 Å². The van der Waals surface area contributed by atoms with E-state index in [9.17, 15) is 14.4 Å². The molecule has 208 valence electrons. The first kappa shape index (κ1) is 26.7. The van der Waals surface area contributed by atoms with Crippen LogP contribution in [-0.2, 0) is 0 Å². The number of nitrogens with zero attached hydrogens (tertiary/aromatic N) is 1. The fourth-order valence-electron chi connectivity index (χ4n) is 7.14. The summed E-state index contributed by atoms with van der Waals surface area (Å²) in [5, 5.41) is 0.706. The Labute approximate surface area is 253 Å². The second kappa shape index (κ2) is 9.69. The van der Waals surface area contributed by atoms with Gasteiger partial charge in [0.25, 0.3) is 0 Å². The van der Waals surface area contributed by atoms with Gasteiger partial charge in [-0.15, -0.1) is 0 Å². The third-order valence-corrected chi connectivity index (χ3v) is 9.44. The number of methoxy groups -OCH3 is 1. The van der Waals surface area contributed by atoms with Crippen LogP contribution in [0.4, 0.5) is 5.69 Å². The van der Waals surface area contributed by atoms with Crippen molar-refractivity contribution < 1.29 is 19.1 Å². The van der Waals surface area contributed by atoms with E-state index in [0.717, 1.165) is 16.8 Å². The second-order valence-electron chi connectivity index (χ2n) is 11.0. The number of halogens is 2. The maximum atomic E-state index is 14.8. The first-order valence-electron chi connectivity index (χ1n) is 13.7. The molecule has 0 aromatic heterocycles. The summed E-state index contributed by atoms with van der Waals surface area (Å²) in [6.07, 6.45) is 3.85. The molecule has 1 spiro atoms. The molecule has 2 aliphatic heterocycles. The minimum atomic E-state index is -1.64. The van der Waals surface area contributed by atoms with E-state index >= 15 is 0 Å². The number of fused-ring (bicyclic) bond motifs is 5. The average molecular weight is 594 g/mol. The number of ketones is 3. The summed E-state index contributed by atoms with van der Waals surface area (Å²) in [5.41, 5.74) is 2.74. The Bertz CT molecular complexity index is 1830. The Balaban J connectivity index is 1.56. The molecule has 1 saturated heterocycles. The van der Waals surface area contributed by atoms with Crippen LogP contribution in [0.2, 0.25) is 10.0 Å². The van der Waals surface area contributed by atoms with Gasteiger partial charge in [0.05, 0.1) is 13.2 Å². The Hall–Kier alpha value is -4.19. The van der Waals surface area contributed by atoms with Crippen LogP contribution in [0.1, 0.15) is 53.7 Å². The number of hydrogen-bond donors (Lipinski definition) is 0. The molecule has 0 amide bonds. The highest BCUT2D eigenvalue weighted by Crippen LogP contribution is 2.61. The van der Waals surface area contributed by atoms with E-state index in [1.165, 1.54) is 0 Å². The van der Waals surface area contributed by atoms with E-state index < -0.39 is 23.4 Å². The highest BCUT2D eigenvalue weighted by Gasteiger charge is 2.71. The molecule has 0 radical (unpaired) electrons. The number of benzene rings is 4. The monoisotopic (exact) mass is 593 g/mol. The Morgan fingerprint density at radius 3 is 2.31 bits per heavy atom. The summed E-state index contributed by atoms with van der Waals surface area (Å²) >= 11 is 13.2. The molecule has 2 heterocycles. The van der Waals surface area contributed by atoms with Crippen molar-refractivity contribution in [1.29, 1.82) is 0 Å². The van der Waals surface area contributed by atoms with E-state index in [1.54, 1.807) is 73.8 Å². The smallest absolute Gasteiger partial charge is 0.186 e. The SMILES string of the molecule is COc1cccc(C(=O)[C@H]2[C@H](c3ccc(Cl)cc3Cl)C3(C(=O)c4ccccc4C3=O)C3C=Cc4cc(C)ccc4N32)c1. The molecule has 3 atom stereocenters. The zero-order valence-corrected chi connectivity index (χ0v) is 24.3. The summed E-state index contributed by atoms with van der Waals surface area (Å²) in [6, 6.07) is 23.2. The maximum Gasteiger partial charge on any atom is 0.186 e. The second-order valence-corrected chi connectivity index (χ2v) is 11.9. The number of Topliss-reactive ketones (excluding diaryl/α,β-unsaturated/α-hetero) is 3. The van der Waals surface area contributed by atoms with Crippen LogP contribution in [-0.4, -0.2) is 36.5 Å². The summed E-state index contributed by atoms with van der Waals surface area (Å²) in [4.78, 5) is 46.3. The first-order chi connectivity index (χ1) is 20.3. The van der Waals surface area contributed by atoms with Gasteiger partial charge in [-0.3, -0.25) is 14.4 Å². The van der Waals surface area contributed by atoms with Crippen molar-refractivity contribution in [2.75, 3.05) is 12.0 Å². The van der Waals surface area contributed by atoms with Gasteiger partial charge in [0.2, 0.25) is 0 Å². The van der Waals surface area contributed by atoms with Crippen LogP contribution < -0.4 is 9.64 Å². The molecule has 7 heteroatoms. The number of hydrogen-bond acceptors (Lipinski definition) is 5. The predicted molar refractivity (Wildman–Crippen MR) is 164 cm³/mol. The molecule has 0 N–H and O–H groups in total. The van der Waals surface area contributed by atoms with Crippen molar-refractivity contribution >= 4 is 52.3 Å². The molecule has 0 bridgehead atoms. The maximum absolute atomic E-state index is 14.8. The lowest BCUT2D eigenvalue weighted by Crippen LogP contribution is -2.48. The van der Waals surface area contributed by atoms with Gasteiger partial charge in [0.15, 0.2) is 17.3 Å². The normalized spacial score (nSPS) is 21.3. The van der Waals surface area contributed by atoms with Crippen molar-refractivity contribution in [1.82, 2.24) is 0 Å². The molecule has 1 unspecified atom stereocenters. The third kappa shape index (κ3) is 3.60.